The standard InChI is InChI=1S/C16H8BrClO/c17-11-6-7-12(18)15-14-10-4-2-1-3-9(10)5-8-13(14)19-16(11)15/h1-8H. The van der Waals surface area contributed by atoms with Crippen LogP contribution in [-0.2, 0) is 0 Å². The van der Waals surface area contributed by atoms with Crippen LogP contribution in [0.15, 0.2) is 57.4 Å². The number of halogens is 2. The number of benzene rings is 3. The van der Waals surface area contributed by atoms with Crippen LogP contribution in [0.25, 0.3) is 32.7 Å². The molecular formula is C16H8BrClO. The number of hydrogen-bond acceptors (Lipinski definition) is 1. The van der Waals surface area contributed by atoms with Gasteiger partial charge in [-0.2, -0.15) is 0 Å². The van der Waals surface area contributed by atoms with Crippen LogP contribution in [0.4, 0.5) is 0 Å². The highest BCUT2D eigenvalue weighted by Crippen LogP contribution is 2.40. The van der Waals surface area contributed by atoms with Crippen LogP contribution in [0.1, 0.15) is 0 Å². The van der Waals surface area contributed by atoms with E-state index in [1.54, 1.807) is 0 Å². The van der Waals surface area contributed by atoms with Gasteiger partial charge in [0.1, 0.15) is 5.58 Å². The molecule has 1 nitrogen and oxygen atoms in total. The molecular weight excluding hydrogens is 324 g/mol. The van der Waals surface area contributed by atoms with Crippen LogP contribution < -0.4 is 0 Å². The zero-order valence-corrected chi connectivity index (χ0v) is 12.1. The van der Waals surface area contributed by atoms with Crippen molar-refractivity contribution >= 4 is 60.2 Å². The minimum Gasteiger partial charge on any atom is -0.455 e. The average Bonchev–Trinajstić information content (AvgIpc) is 2.84. The Morgan fingerprint density at radius 3 is 2.63 bits per heavy atom. The Morgan fingerprint density at radius 2 is 1.74 bits per heavy atom. The van der Waals surface area contributed by atoms with E-state index in [1.807, 2.05) is 30.3 Å². The predicted molar refractivity (Wildman–Crippen MR) is 83.9 cm³/mol. The lowest BCUT2D eigenvalue weighted by Gasteiger charge is -2.00. The van der Waals surface area contributed by atoms with Gasteiger partial charge in [0.15, 0.2) is 5.58 Å². The first-order chi connectivity index (χ1) is 9.25. The Balaban J connectivity index is 2.39. The largest absolute Gasteiger partial charge is 0.455 e. The van der Waals surface area contributed by atoms with Crippen molar-refractivity contribution in [3.63, 3.8) is 0 Å². The lowest BCUT2D eigenvalue weighted by atomic mass is 10.0. The Labute approximate surface area is 122 Å². The molecule has 3 aromatic carbocycles. The van der Waals surface area contributed by atoms with Crippen molar-refractivity contribution in [2.75, 3.05) is 0 Å². The monoisotopic (exact) mass is 330 g/mol. The minimum absolute atomic E-state index is 0.716. The van der Waals surface area contributed by atoms with Gasteiger partial charge >= 0.3 is 0 Å². The first kappa shape index (κ1) is 11.3. The number of hydrogen-bond donors (Lipinski definition) is 0. The summed E-state index contributed by atoms with van der Waals surface area (Å²) in [6.45, 7) is 0. The van der Waals surface area contributed by atoms with E-state index in [1.165, 1.54) is 10.8 Å². The number of furan rings is 1. The molecule has 0 amide bonds. The first-order valence-corrected chi connectivity index (χ1v) is 7.11. The van der Waals surface area contributed by atoms with Crippen molar-refractivity contribution in [2.24, 2.45) is 0 Å². The Hall–Kier alpha value is -1.51. The van der Waals surface area contributed by atoms with Gasteiger partial charge in [-0.1, -0.05) is 41.9 Å². The molecule has 0 fully saturated rings. The summed E-state index contributed by atoms with van der Waals surface area (Å²) in [5.74, 6) is 0. The lowest BCUT2D eigenvalue weighted by molar-refractivity contribution is 0.667. The second-order valence-corrected chi connectivity index (χ2v) is 5.76. The molecule has 1 aromatic heterocycles. The van der Waals surface area contributed by atoms with E-state index in [2.05, 4.69) is 34.1 Å². The maximum Gasteiger partial charge on any atom is 0.151 e. The third-order valence-corrected chi connectivity index (χ3v) is 4.35. The molecule has 19 heavy (non-hydrogen) atoms. The summed E-state index contributed by atoms with van der Waals surface area (Å²) >= 11 is 9.89. The average molecular weight is 332 g/mol. The number of fused-ring (bicyclic) bond motifs is 5. The lowest BCUT2D eigenvalue weighted by Crippen LogP contribution is -1.75. The third kappa shape index (κ3) is 1.54. The molecule has 0 aliphatic carbocycles. The van der Waals surface area contributed by atoms with Gasteiger partial charge in [-0.25, -0.2) is 0 Å². The molecule has 0 N–H and O–H groups in total. The van der Waals surface area contributed by atoms with E-state index in [-0.39, 0.29) is 0 Å². The van der Waals surface area contributed by atoms with Gasteiger partial charge in [0, 0.05) is 10.8 Å². The fourth-order valence-electron chi connectivity index (χ4n) is 2.57. The van der Waals surface area contributed by atoms with Gasteiger partial charge in [-0.15, -0.1) is 0 Å². The zero-order chi connectivity index (χ0) is 13.0. The van der Waals surface area contributed by atoms with Gasteiger partial charge in [0.05, 0.1) is 9.50 Å². The van der Waals surface area contributed by atoms with E-state index >= 15 is 0 Å². The van der Waals surface area contributed by atoms with E-state index in [0.717, 1.165) is 26.4 Å². The molecule has 3 heteroatoms. The normalized spacial score (nSPS) is 11.7. The number of rotatable bonds is 0. The molecule has 0 spiro atoms. The molecule has 0 saturated carbocycles. The first-order valence-electron chi connectivity index (χ1n) is 5.93. The van der Waals surface area contributed by atoms with Crippen molar-refractivity contribution in [2.45, 2.75) is 0 Å². The molecule has 92 valence electrons. The summed E-state index contributed by atoms with van der Waals surface area (Å²) in [5.41, 5.74) is 1.67. The minimum atomic E-state index is 0.716. The summed E-state index contributed by atoms with van der Waals surface area (Å²) in [4.78, 5) is 0. The summed E-state index contributed by atoms with van der Waals surface area (Å²) < 4.78 is 6.86. The van der Waals surface area contributed by atoms with Crippen LogP contribution in [0.5, 0.6) is 0 Å². The van der Waals surface area contributed by atoms with Crippen LogP contribution in [0.2, 0.25) is 5.02 Å². The fourth-order valence-corrected chi connectivity index (χ4v) is 3.23. The van der Waals surface area contributed by atoms with Crippen LogP contribution in [-0.4, -0.2) is 0 Å². The highest BCUT2D eigenvalue weighted by Gasteiger charge is 2.15. The van der Waals surface area contributed by atoms with Gasteiger partial charge in [-0.05, 0) is 44.9 Å². The smallest absolute Gasteiger partial charge is 0.151 e. The summed E-state index contributed by atoms with van der Waals surface area (Å²) in [6.07, 6.45) is 0. The van der Waals surface area contributed by atoms with Gasteiger partial charge in [0.2, 0.25) is 0 Å². The highest BCUT2D eigenvalue weighted by molar-refractivity contribution is 9.10. The Morgan fingerprint density at radius 1 is 0.895 bits per heavy atom. The second kappa shape index (κ2) is 3.99. The molecule has 4 rings (SSSR count). The summed E-state index contributed by atoms with van der Waals surface area (Å²) in [7, 11) is 0. The molecule has 0 saturated heterocycles. The topological polar surface area (TPSA) is 13.1 Å². The van der Waals surface area contributed by atoms with Crippen molar-refractivity contribution in [3.8, 4) is 0 Å². The Bertz CT molecular complexity index is 940. The SMILES string of the molecule is Clc1ccc(Br)c2oc3ccc4ccccc4c3c12. The maximum atomic E-state index is 6.37. The molecule has 1 heterocycles. The van der Waals surface area contributed by atoms with E-state index in [9.17, 15) is 0 Å². The molecule has 0 atom stereocenters. The Kier molecular flexibility index (Phi) is 2.38. The van der Waals surface area contributed by atoms with E-state index < -0.39 is 0 Å². The molecule has 0 aliphatic rings. The van der Waals surface area contributed by atoms with Gasteiger partial charge in [-0.3, -0.25) is 0 Å². The fraction of sp³-hybridized carbons (Fsp3) is 0. The molecule has 4 aromatic rings. The molecule has 0 bridgehead atoms. The molecule has 0 aliphatic heterocycles. The van der Waals surface area contributed by atoms with E-state index in [0.29, 0.717) is 5.02 Å². The second-order valence-electron chi connectivity index (χ2n) is 4.50. The van der Waals surface area contributed by atoms with Crippen LogP contribution >= 0.6 is 27.5 Å². The van der Waals surface area contributed by atoms with Crippen molar-refractivity contribution < 1.29 is 4.42 Å². The van der Waals surface area contributed by atoms with Crippen molar-refractivity contribution in [3.05, 3.63) is 58.0 Å². The van der Waals surface area contributed by atoms with E-state index in [4.69, 9.17) is 16.0 Å². The maximum absolute atomic E-state index is 6.37. The van der Waals surface area contributed by atoms with Gasteiger partial charge in [0.25, 0.3) is 0 Å². The van der Waals surface area contributed by atoms with Crippen LogP contribution in [0, 0.1) is 0 Å². The van der Waals surface area contributed by atoms with Crippen molar-refractivity contribution in [1.82, 2.24) is 0 Å². The zero-order valence-electron chi connectivity index (χ0n) is 9.78. The summed E-state index contributed by atoms with van der Waals surface area (Å²) in [6, 6.07) is 16.1. The third-order valence-electron chi connectivity index (χ3n) is 3.41. The van der Waals surface area contributed by atoms with Crippen molar-refractivity contribution in [1.29, 1.82) is 0 Å². The summed E-state index contributed by atoms with van der Waals surface area (Å²) in [5, 5.41) is 5.13. The van der Waals surface area contributed by atoms with Gasteiger partial charge < -0.3 is 4.42 Å². The van der Waals surface area contributed by atoms with Crippen LogP contribution in [0.3, 0.4) is 0 Å². The highest BCUT2D eigenvalue weighted by atomic mass is 79.9. The molecule has 0 unspecified atom stereocenters. The molecule has 0 radical (unpaired) electrons. The quantitative estimate of drug-likeness (QED) is 0.376. The predicted octanol–water partition coefficient (Wildman–Crippen LogP) is 6.16.